The first-order valence-corrected chi connectivity index (χ1v) is 13.4. The van der Waals surface area contributed by atoms with Crippen LogP contribution in [0.25, 0.3) is 0 Å². The number of benzene rings is 2. The summed E-state index contributed by atoms with van der Waals surface area (Å²) in [6, 6.07) is 14.2. The molecule has 0 radical (unpaired) electrons. The van der Waals surface area contributed by atoms with Crippen LogP contribution in [0.3, 0.4) is 0 Å². The smallest absolute Gasteiger partial charge is 0.338 e. The lowest BCUT2D eigenvalue weighted by Crippen LogP contribution is -2.30. The first kappa shape index (κ1) is 30.4. The Bertz CT molecular complexity index is 1030. The van der Waals surface area contributed by atoms with Gasteiger partial charge in [0.25, 0.3) is 0 Å². The van der Waals surface area contributed by atoms with E-state index in [0.29, 0.717) is 68.6 Å². The molecule has 0 aromatic heterocycles. The number of aliphatic hydroxyl groups is 2. The van der Waals surface area contributed by atoms with Crippen LogP contribution in [-0.2, 0) is 9.47 Å². The molecule has 0 spiro atoms. The van der Waals surface area contributed by atoms with Gasteiger partial charge in [-0.3, -0.25) is 4.90 Å². The third-order valence-corrected chi connectivity index (χ3v) is 6.49. The largest absolute Gasteiger partial charge is 0.492 e. The van der Waals surface area contributed by atoms with Crippen molar-refractivity contribution in [2.45, 2.75) is 51.0 Å². The topological polar surface area (TPSA) is 127 Å². The number of likely N-dealkylation sites (tertiary alicyclic amines) is 1. The molecule has 2 aliphatic rings. The molecular formula is C29H40N2O8. The molecule has 2 heterocycles. The molecule has 10 heteroatoms. The quantitative estimate of drug-likeness (QED) is 0.384. The summed E-state index contributed by atoms with van der Waals surface area (Å²) in [5.41, 5.74) is 1.04. The van der Waals surface area contributed by atoms with Gasteiger partial charge >= 0.3 is 11.9 Å². The van der Waals surface area contributed by atoms with Crippen molar-refractivity contribution < 1.29 is 38.7 Å². The summed E-state index contributed by atoms with van der Waals surface area (Å²) in [6.45, 7) is 6.65. The Morgan fingerprint density at radius 3 is 1.74 bits per heavy atom. The van der Waals surface area contributed by atoms with Gasteiger partial charge in [0.1, 0.15) is 24.7 Å². The SMILES string of the molecule is CCOC(=O)c1ccc(OC[C@@H]2C[C@@H](O)CN2)cc1.CCOC(=O)c1ccc(OC[C@@H]2C[C@@H](O)CN2C)cc1. The van der Waals surface area contributed by atoms with Crippen LogP contribution in [-0.4, -0.2) is 97.9 Å². The molecule has 2 aromatic rings. The summed E-state index contributed by atoms with van der Waals surface area (Å²) in [6.07, 6.45) is 0.901. The number of aliphatic hydroxyl groups excluding tert-OH is 2. The molecule has 4 atom stereocenters. The molecule has 0 bridgehead atoms. The van der Waals surface area contributed by atoms with Crippen LogP contribution < -0.4 is 14.8 Å². The van der Waals surface area contributed by atoms with Crippen molar-refractivity contribution in [3.8, 4) is 11.5 Å². The highest BCUT2D eigenvalue weighted by atomic mass is 16.5. The molecule has 4 rings (SSSR count). The van der Waals surface area contributed by atoms with E-state index in [-0.39, 0.29) is 36.2 Å². The second-order valence-electron chi connectivity index (χ2n) is 9.59. The number of nitrogens with zero attached hydrogens (tertiary/aromatic N) is 1. The molecule has 2 aliphatic heterocycles. The van der Waals surface area contributed by atoms with Crippen molar-refractivity contribution in [2.24, 2.45) is 0 Å². The zero-order valence-electron chi connectivity index (χ0n) is 22.9. The van der Waals surface area contributed by atoms with Crippen LogP contribution >= 0.6 is 0 Å². The summed E-state index contributed by atoms with van der Waals surface area (Å²) < 4.78 is 21.1. The van der Waals surface area contributed by atoms with Crippen LogP contribution in [0.1, 0.15) is 47.4 Å². The number of carbonyl (C=O) groups is 2. The fourth-order valence-electron chi connectivity index (χ4n) is 4.36. The first-order valence-electron chi connectivity index (χ1n) is 13.4. The normalized spacial score (nSPS) is 22.5. The molecule has 2 aromatic carbocycles. The number of hydrogen-bond acceptors (Lipinski definition) is 10. The second kappa shape index (κ2) is 15.4. The molecule has 3 N–H and O–H groups in total. The number of nitrogens with one attached hydrogen (secondary N) is 1. The maximum Gasteiger partial charge on any atom is 0.338 e. The van der Waals surface area contributed by atoms with Gasteiger partial charge in [0, 0.05) is 25.2 Å². The zero-order chi connectivity index (χ0) is 28.2. The Hall–Kier alpha value is -3.18. The Morgan fingerprint density at radius 1 is 0.821 bits per heavy atom. The van der Waals surface area contributed by atoms with Gasteiger partial charge in [-0.05, 0) is 82.3 Å². The van der Waals surface area contributed by atoms with Crippen LogP contribution in [0.5, 0.6) is 11.5 Å². The number of hydrogen-bond donors (Lipinski definition) is 3. The molecule has 0 unspecified atom stereocenters. The van der Waals surface area contributed by atoms with E-state index in [4.69, 9.17) is 18.9 Å². The third-order valence-electron chi connectivity index (χ3n) is 6.49. The highest BCUT2D eigenvalue weighted by molar-refractivity contribution is 5.89. The fourth-order valence-corrected chi connectivity index (χ4v) is 4.36. The molecule has 2 fully saturated rings. The molecule has 0 saturated carbocycles. The lowest BCUT2D eigenvalue weighted by Gasteiger charge is -2.19. The zero-order valence-corrected chi connectivity index (χ0v) is 22.9. The minimum atomic E-state index is -0.324. The van der Waals surface area contributed by atoms with Gasteiger partial charge in [-0.25, -0.2) is 9.59 Å². The lowest BCUT2D eigenvalue weighted by molar-refractivity contribution is 0.0516. The van der Waals surface area contributed by atoms with Crippen LogP contribution in [0.4, 0.5) is 0 Å². The van der Waals surface area contributed by atoms with Crippen molar-refractivity contribution in [1.29, 1.82) is 0 Å². The van der Waals surface area contributed by atoms with Gasteiger partial charge in [-0.2, -0.15) is 0 Å². The van der Waals surface area contributed by atoms with Crippen LogP contribution in [0.2, 0.25) is 0 Å². The third kappa shape index (κ3) is 9.81. The Labute approximate surface area is 229 Å². The minimum Gasteiger partial charge on any atom is -0.492 e. The van der Waals surface area contributed by atoms with Gasteiger partial charge in [0.15, 0.2) is 0 Å². The Balaban J connectivity index is 0.000000216. The number of carbonyl (C=O) groups excluding carboxylic acids is 2. The molecule has 2 saturated heterocycles. The average molecular weight is 545 g/mol. The van der Waals surface area contributed by atoms with Crippen molar-refractivity contribution in [2.75, 3.05) is 46.6 Å². The highest BCUT2D eigenvalue weighted by Gasteiger charge is 2.28. The fraction of sp³-hybridized carbons (Fsp3) is 0.517. The van der Waals surface area contributed by atoms with Crippen molar-refractivity contribution in [3.63, 3.8) is 0 Å². The molecule has 214 valence electrons. The van der Waals surface area contributed by atoms with Gasteiger partial charge in [-0.15, -0.1) is 0 Å². The van der Waals surface area contributed by atoms with Crippen LogP contribution in [0.15, 0.2) is 48.5 Å². The number of likely N-dealkylation sites (N-methyl/N-ethyl adjacent to an activating group) is 1. The predicted octanol–water partition coefficient (Wildman–Crippen LogP) is 2.27. The van der Waals surface area contributed by atoms with E-state index in [2.05, 4.69) is 10.2 Å². The highest BCUT2D eigenvalue weighted by Crippen LogP contribution is 2.19. The van der Waals surface area contributed by atoms with Crippen molar-refractivity contribution >= 4 is 11.9 Å². The standard InChI is InChI=1S/C15H21NO4.C14H19NO4/c1-3-19-15(18)11-4-6-14(7-5-11)20-10-12-8-13(17)9-16(12)2;1-2-18-14(17)10-3-5-13(6-4-10)19-9-11-7-12(16)8-15-11/h4-7,12-13,17H,3,8-10H2,1-2H3;3-6,11-12,15-16H,2,7-9H2,1H3/t12-,13+;11-,12+/m00/s1. The molecule has 0 amide bonds. The van der Waals surface area contributed by atoms with Crippen molar-refractivity contribution in [3.05, 3.63) is 59.7 Å². The predicted molar refractivity (Wildman–Crippen MR) is 145 cm³/mol. The van der Waals surface area contributed by atoms with E-state index in [9.17, 15) is 19.8 Å². The van der Waals surface area contributed by atoms with E-state index in [1.54, 1.807) is 62.4 Å². The van der Waals surface area contributed by atoms with Gasteiger partial charge in [-0.1, -0.05) is 0 Å². The summed E-state index contributed by atoms with van der Waals surface area (Å²) in [4.78, 5) is 25.1. The maximum absolute atomic E-state index is 11.5. The molecule has 39 heavy (non-hydrogen) atoms. The summed E-state index contributed by atoms with van der Waals surface area (Å²) in [7, 11) is 1.98. The summed E-state index contributed by atoms with van der Waals surface area (Å²) in [5.74, 6) is 0.774. The van der Waals surface area contributed by atoms with E-state index in [0.717, 1.165) is 6.42 Å². The number of rotatable bonds is 10. The number of β-amino-alcohol motifs (C(OH)–C–C–N with tert-alkyl or cyclic N) is 2. The minimum absolute atomic E-state index is 0.180. The van der Waals surface area contributed by atoms with Crippen LogP contribution in [0, 0.1) is 0 Å². The monoisotopic (exact) mass is 544 g/mol. The molecular weight excluding hydrogens is 504 g/mol. The van der Waals surface area contributed by atoms with Gasteiger partial charge < -0.3 is 34.5 Å². The van der Waals surface area contributed by atoms with E-state index in [1.807, 2.05) is 7.05 Å². The van der Waals surface area contributed by atoms with Gasteiger partial charge in [0.05, 0.1) is 36.5 Å². The maximum atomic E-state index is 11.5. The summed E-state index contributed by atoms with van der Waals surface area (Å²) >= 11 is 0. The molecule has 0 aliphatic carbocycles. The first-order chi connectivity index (χ1) is 18.8. The molecule has 10 nitrogen and oxygen atoms in total. The Morgan fingerprint density at radius 2 is 1.33 bits per heavy atom. The number of ether oxygens (including phenoxy) is 4. The summed E-state index contributed by atoms with van der Waals surface area (Å²) in [5, 5.41) is 22.1. The second-order valence-corrected chi connectivity index (χ2v) is 9.59. The number of esters is 2. The average Bonchev–Trinajstić information content (AvgIpc) is 3.50. The Kier molecular flexibility index (Phi) is 12.0. The van der Waals surface area contributed by atoms with Gasteiger partial charge in [0.2, 0.25) is 0 Å². The van der Waals surface area contributed by atoms with Crippen molar-refractivity contribution in [1.82, 2.24) is 10.2 Å². The van der Waals surface area contributed by atoms with E-state index in [1.165, 1.54) is 0 Å². The lowest BCUT2D eigenvalue weighted by atomic mass is 10.2. The van der Waals surface area contributed by atoms with E-state index < -0.39 is 0 Å². The van der Waals surface area contributed by atoms with E-state index >= 15 is 0 Å².